The van der Waals surface area contributed by atoms with Crippen LogP contribution in [0.3, 0.4) is 0 Å². The van der Waals surface area contributed by atoms with E-state index >= 15 is 0 Å². The third-order valence-corrected chi connectivity index (χ3v) is 4.57. The molecule has 0 spiro atoms. The summed E-state index contributed by atoms with van der Waals surface area (Å²) in [4.78, 5) is 37.0. The Morgan fingerprint density at radius 2 is 1.83 bits per heavy atom. The fourth-order valence-electron chi connectivity index (χ4n) is 2.60. The molecule has 8 heteroatoms. The Hall–Kier alpha value is -3.58. The van der Waals surface area contributed by atoms with Crippen molar-refractivity contribution in [2.45, 2.75) is 13.0 Å². The molecule has 0 aliphatic heterocycles. The van der Waals surface area contributed by atoms with Gasteiger partial charge in [0.15, 0.2) is 5.76 Å². The van der Waals surface area contributed by atoms with Gasteiger partial charge in [-0.3, -0.25) is 14.4 Å². The van der Waals surface area contributed by atoms with Gasteiger partial charge in [-0.2, -0.15) is 0 Å². The summed E-state index contributed by atoms with van der Waals surface area (Å²) in [5.41, 5.74) is 1.82. The van der Waals surface area contributed by atoms with Gasteiger partial charge < -0.3 is 19.8 Å². The molecule has 0 aliphatic rings. The Morgan fingerprint density at radius 3 is 2.50 bits per heavy atom. The molecule has 1 aromatic heterocycles. The average molecular weight is 427 g/mol. The van der Waals surface area contributed by atoms with Crippen molar-refractivity contribution in [3.05, 3.63) is 88.8 Å². The zero-order valence-electron chi connectivity index (χ0n) is 16.1. The van der Waals surface area contributed by atoms with E-state index in [0.29, 0.717) is 16.3 Å². The number of esters is 1. The maximum Gasteiger partial charge on any atom is 0.326 e. The van der Waals surface area contributed by atoms with Gasteiger partial charge in [-0.1, -0.05) is 48.0 Å². The standard InChI is InChI=1S/C22H19ClN2O5/c1-14-9-10-16(12-17(14)23)25-22(28)20(15-6-3-2-4-7-15)30-19(26)13-24-21(27)18-8-5-11-29-18/h2-12,20H,13H2,1H3,(H,24,27)(H,25,28). The Bertz CT molecular complexity index is 1030. The van der Waals surface area contributed by atoms with E-state index < -0.39 is 30.4 Å². The number of carbonyl (C=O) groups excluding carboxylic acids is 3. The molecule has 0 aliphatic carbocycles. The van der Waals surface area contributed by atoms with Gasteiger partial charge >= 0.3 is 5.97 Å². The number of aryl methyl sites for hydroxylation is 1. The molecule has 0 saturated carbocycles. The predicted molar refractivity (Wildman–Crippen MR) is 111 cm³/mol. The lowest BCUT2D eigenvalue weighted by molar-refractivity contribution is -0.153. The molecule has 1 unspecified atom stereocenters. The fraction of sp³-hybridized carbons (Fsp3) is 0.136. The number of hydrogen-bond acceptors (Lipinski definition) is 5. The molecule has 3 rings (SSSR count). The summed E-state index contributed by atoms with van der Waals surface area (Å²) in [6, 6.07) is 16.7. The molecule has 0 radical (unpaired) electrons. The van der Waals surface area contributed by atoms with Crippen molar-refractivity contribution < 1.29 is 23.5 Å². The lowest BCUT2D eigenvalue weighted by Crippen LogP contribution is -2.33. The number of nitrogens with one attached hydrogen (secondary N) is 2. The number of benzene rings is 2. The van der Waals surface area contributed by atoms with Crippen molar-refractivity contribution in [3.63, 3.8) is 0 Å². The Morgan fingerprint density at radius 1 is 1.07 bits per heavy atom. The van der Waals surface area contributed by atoms with Crippen LogP contribution in [0.4, 0.5) is 5.69 Å². The molecule has 154 valence electrons. The van der Waals surface area contributed by atoms with E-state index in [9.17, 15) is 14.4 Å². The van der Waals surface area contributed by atoms with Crippen molar-refractivity contribution in [1.82, 2.24) is 5.32 Å². The number of furan rings is 1. The second kappa shape index (κ2) is 9.76. The van der Waals surface area contributed by atoms with Crippen molar-refractivity contribution in [3.8, 4) is 0 Å². The average Bonchev–Trinajstić information content (AvgIpc) is 3.28. The summed E-state index contributed by atoms with van der Waals surface area (Å²) in [6.07, 6.45) is 0.139. The van der Waals surface area contributed by atoms with Gasteiger partial charge in [0.1, 0.15) is 6.54 Å². The van der Waals surface area contributed by atoms with Crippen molar-refractivity contribution in [2.24, 2.45) is 0 Å². The van der Waals surface area contributed by atoms with Gasteiger partial charge in [0.25, 0.3) is 11.8 Å². The normalized spacial score (nSPS) is 11.4. The molecular formula is C22H19ClN2O5. The molecule has 30 heavy (non-hydrogen) atoms. The topological polar surface area (TPSA) is 97.6 Å². The molecule has 1 atom stereocenters. The second-order valence-electron chi connectivity index (χ2n) is 6.39. The molecule has 3 aromatic rings. The largest absolute Gasteiger partial charge is 0.459 e. The first kappa shape index (κ1) is 21.1. The SMILES string of the molecule is Cc1ccc(NC(=O)C(OC(=O)CNC(=O)c2ccco2)c2ccccc2)cc1Cl. The number of amides is 2. The molecule has 1 heterocycles. The van der Waals surface area contributed by atoms with Crippen LogP contribution in [0.2, 0.25) is 5.02 Å². The highest BCUT2D eigenvalue weighted by atomic mass is 35.5. The van der Waals surface area contributed by atoms with Crippen LogP contribution in [0.5, 0.6) is 0 Å². The van der Waals surface area contributed by atoms with Crippen LogP contribution in [0, 0.1) is 6.92 Å². The van der Waals surface area contributed by atoms with Crippen LogP contribution >= 0.6 is 11.6 Å². The van der Waals surface area contributed by atoms with Gasteiger partial charge in [0.05, 0.1) is 6.26 Å². The zero-order valence-corrected chi connectivity index (χ0v) is 16.8. The molecule has 0 fully saturated rings. The van der Waals surface area contributed by atoms with Gasteiger partial charge in [0.2, 0.25) is 6.10 Å². The number of ether oxygens (including phenoxy) is 1. The molecule has 7 nitrogen and oxygen atoms in total. The minimum Gasteiger partial charge on any atom is -0.459 e. The van der Waals surface area contributed by atoms with E-state index in [0.717, 1.165) is 5.56 Å². The number of rotatable bonds is 7. The third-order valence-electron chi connectivity index (χ3n) is 4.17. The molecule has 0 bridgehead atoms. The summed E-state index contributed by atoms with van der Waals surface area (Å²) in [5, 5.41) is 5.59. The van der Waals surface area contributed by atoms with Gasteiger partial charge in [-0.25, -0.2) is 0 Å². The summed E-state index contributed by atoms with van der Waals surface area (Å²) in [6.45, 7) is 1.42. The maximum absolute atomic E-state index is 12.8. The minimum atomic E-state index is -1.21. The van der Waals surface area contributed by atoms with E-state index in [-0.39, 0.29) is 5.76 Å². The molecule has 2 amide bonds. The Kier molecular flexibility index (Phi) is 6.87. The highest BCUT2D eigenvalue weighted by molar-refractivity contribution is 6.31. The minimum absolute atomic E-state index is 0.0661. The second-order valence-corrected chi connectivity index (χ2v) is 6.80. The Balaban J connectivity index is 1.69. The van der Waals surface area contributed by atoms with Gasteiger partial charge in [0, 0.05) is 16.3 Å². The van der Waals surface area contributed by atoms with Crippen LogP contribution < -0.4 is 10.6 Å². The summed E-state index contributed by atoms with van der Waals surface area (Å²) in [7, 11) is 0. The van der Waals surface area contributed by atoms with Crippen LogP contribution in [0.1, 0.15) is 27.8 Å². The lowest BCUT2D eigenvalue weighted by atomic mass is 10.1. The van der Waals surface area contributed by atoms with Crippen LogP contribution in [0.25, 0.3) is 0 Å². The summed E-state index contributed by atoms with van der Waals surface area (Å²) >= 11 is 6.11. The van der Waals surface area contributed by atoms with E-state index in [2.05, 4.69) is 10.6 Å². The van der Waals surface area contributed by atoms with Gasteiger partial charge in [-0.05, 0) is 36.8 Å². The summed E-state index contributed by atoms with van der Waals surface area (Å²) < 4.78 is 10.3. The van der Waals surface area contributed by atoms with Gasteiger partial charge in [-0.15, -0.1) is 0 Å². The number of halogens is 1. The number of carbonyl (C=O) groups is 3. The fourth-order valence-corrected chi connectivity index (χ4v) is 2.78. The monoisotopic (exact) mass is 426 g/mol. The highest BCUT2D eigenvalue weighted by Gasteiger charge is 2.25. The first-order chi connectivity index (χ1) is 14.4. The van der Waals surface area contributed by atoms with Crippen molar-refractivity contribution >= 4 is 35.1 Å². The van der Waals surface area contributed by atoms with E-state index in [1.54, 1.807) is 54.6 Å². The Labute approximate surface area is 178 Å². The smallest absolute Gasteiger partial charge is 0.326 e. The van der Waals surface area contributed by atoms with E-state index in [1.807, 2.05) is 6.92 Å². The molecular weight excluding hydrogens is 408 g/mol. The predicted octanol–water partition coefficient (Wildman–Crippen LogP) is 3.89. The zero-order chi connectivity index (χ0) is 21.5. The molecule has 2 aromatic carbocycles. The maximum atomic E-state index is 12.8. The quantitative estimate of drug-likeness (QED) is 0.558. The first-order valence-corrected chi connectivity index (χ1v) is 9.45. The van der Waals surface area contributed by atoms with E-state index in [4.69, 9.17) is 20.8 Å². The summed E-state index contributed by atoms with van der Waals surface area (Å²) in [5.74, 6) is -1.82. The lowest BCUT2D eigenvalue weighted by Gasteiger charge is -2.18. The first-order valence-electron chi connectivity index (χ1n) is 9.07. The molecule has 2 N–H and O–H groups in total. The molecule has 0 saturated heterocycles. The van der Waals surface area contributed by atoms with E-state index in [1.165, 1.54) is 12.3 Å². The number of anilines is 1. The number of hydrogen-bond donors (Lipinski definition) is 2. The van der Waals surface area contributed by atoms with Crippen molar-refractivity contribution in [1.29, 1.82) is 0 Å². The van der Waals surface area contributed by atoms with Crippen LogP contribution in [0.15, 0.2) is 71.3 Å². The third kappa shape index (κ3) is 5.48. The van der Waals surface area contributed by atoms with Crippen LogP contribution in [-0.4, -0.2) is 24.3 Å². The highest BCUT2D eigenvalue weighted by Crippen LogP contribution is 2.23. The van der Waals surface area contributed by atoms with Crippen molar-refractivity contribution in [2.75, 3.05) is 11.9 Å². The van der Waals surface area contributed by atoms with Crippen LogP contribution in [-0.2, 0) is 14.3 Å².